The van der Waals surface area contributed by atoms with Crippen LogP contribution in [0.4, 0.5) is 0 Å². The van der Waals surface area contributed by atoms with Crippen LogP contribution in [0.1, 0.15) is 30.3 Å². The standard InChI is InChI=1S/C22H20N4O3S/c27-19(11-13-26-22(29)15-7-2-1-6-14(15)20(28)24-26)25-12-5-9-17(25)21-23-16-8-3-4-10-18(16)30-21/h1-4,6-8,10,17H,5,9,11-13H2,(H,24,28)/t17-/m0/s1. The van der Waals surface area contributed by atoms with E-state index in [1.807, 2.05) is 29.2 Å². The monoisotopic (exact) mass is 420 g/mol. The van der Waals surface area contributed by atoms with Gasteiger partial charge < -0.3 is 4.90 Å². The number of nitrogens with zero attached hydrogens (tertiary/aromatic N) is 3. The quantitative estimate of drug-likeness (QED) is 0.550. The molecule has 2 aromatic heterocycles. The molecule has 0 unspecified atom stereocenters. The lowest BCUT2D eigenvalue weighted by atomic mass is 10.2. The Balaban J connectivity index is 1.36. The number of carbonyl (C=O) groups excluding carboxylic acids is 1. The van der Waals surface area contributed by atoms with Gasteiger partial charge in [-0.3, -0.25) is 19.5 Å². The van der Waals surface area contributed by atoms with E-state index >= 15 is 0 Å². The number of fused-ring (bicyclic) bond motifs is 2. The molecule has 30 heavy (non-hydrogen) atoms. The summed E-state index contributed by atoms with van der Waals surface area (Å²) >= 11 is 1.63. The highest BCUT2D eigenvalue weighted by atomic mass is 32.1. The van der Waals surface area contributed by atoms with E-state index in [-0.39, 0.29) is 36.0 Å². The second kappa shape index (κ2) is 7.53. The van der Waals surface area contributed by atoms with Crippen LogP contribution in [0.2, 0.25) is 0 Å². The van der Waals surface area contributed by atoms with Gasteiger partial charge in [-0.2, -0.15) is 0 Å². The molecule has 1 aliphatic heterocycles. The largest absolute Gasteiger partial charge is 0.333 e. The number of para-hydroxylation sites is 1. The summed E-state index contributed by atoms with van der Waals surface area (Å²) in [6.45, 7) is 0.823. The topological polar surface area (TPSA) is 88.1 Å². The van der Waals surface area contributed by atoms with Gasteiger partial charge >= 0.3 is 0 Å². The summed E-state index contributed by atoms with van der Waals surface area (Å²) in [6, 6.07) is 14.7. The molecule has 7 nitrogen and oxygen atoms in total. The molecule has 2 aromatic carbocycles. The van der Waals surface area contributed by atoms with Gasteiger partial charge in [0, 0.05) is 13.0 Å². The van der Waals surface area contributed by atoms with Crippen molar-refractivity contribution in [2.24, 2.45) is 0 Å². The van der Waals surface area contributed by atoms with E-state index in [0.717, 1.165) is 28.1 Å². The fraction of sp³-hybridized carbons (Fsp3) is 0.273. The number of rotatable bonds is 4. The van der Waals surface area contributed by atoms with Crippen LogP contribution in [-0.4, -0.2) is 32.1 Å². The minimum Gasteiger partial charge on any atom is -0.333 e. The van der Waals surface area contributed by atoms with Crippen molar-refractivity contribution in [2.45, 2.75) is 31.8 Å². The van der Waals surface area contributed by atoms with Crippen LogP contribution in [0.25, 0.3) is 21.0 Å². The molecule has 4 aromatic rings. The van der Waals surface area contributed by atoms with Gasteiger partial charge in [-0.15, -0.1) is 11.3 Å². The van der Waals surface area contributed by atoms with Gasteiger partial charge in [-0.1, -0.05) is 24.3 Å². The number of carbonyl (C=O) groups is 1. The first kappa shape index (κ1) is 18.7. The zero-order chi connectivity index (χ0) is 20.7. The molecule has 1 atom stereocenters. The van der Waals surface area contributed by atoms with E-state index in [9.17, 15) is 14.4 Å². The smallest absolute Gasteiger partial charge is 0.273 e. The normalized spacial score (nSPS) is 16.5. The Bertz CT molecular complexity index is 1340. The Labute approximate surface area is 175 Å². The number of thiazole rings is 1. The Kier molecular flexibility index (Phi) is 4.71. The molecule has 0 saturated carbocycles. The van der Waals surface area contributed by atoms with Crippen LogP contribution in [0.15, 0.2) is 58.1 Å². The highest BCUT2D eigenvalue weighted by Gasteiger charge is 2.32. The van der Waals surface area contributed by atoms with Crippen LogP contribution in [0.5, 0.6) is 0 Å². The van der Waals surface area contributed by atoms with Gasteiger partial charge in [0.05, 0.1) is 33.6 Å². The summed E-state index contributed by atoms with van der Waals surface area (Å²) in [5, 5.41) is 4.27. The van der Waals surface area contributed by atoms with Crippen LogP contribution >= 0.6 is 11.3 Å². The number of aryl methyl sites for hydroxylation is 1. The van der Waals surface area contributed by atoms with E-state index < -0.39 is 0 Å². The molecule has 8 heteroatoms. The molecule has 1 amide bonds. The van der Waals surface area contributed by atoms with Crippen molar-refractivity contribution in [3.05, 3.63) is 74.2 Å². The Morgan fingerprint density at radius 1 is 1.10 bits per heavy atom. The minimum absolute atomic E-state index is 0.0257. The lowest BCUT2D eigenvalue weighted by Gasteiger charge is -2.23. The van der Waals surface area contributed by atoms with E-state index in [1.165, 1.54) is 4.68 Å². The third kappa shape index (κ3) is 3.23. The van der Waals surface area contributed by atoms with E-state index in [1.54, 1.807) is 35.6 Å². The Morgan fingerprint density at radius 3 is 2.70 bits per heavy atom. The van der Waals surface area contributed by atoms with Crippen molar-refractivity contribution >= 4 is 38.2 Å². The number of benzene rings is 2. The maximum absolute atomic E-state index is 13.0. The summed E-state index contributed by atoms with van der Waals surface area (Å²) in [5.74, 6) is -0.0299. The van der Waals surface area contributed by atoms with Crippen LogP contribution in [0, 0.1) is 0 Å². The molecule has 3 heterocycles. The lowest BCUT2D eigenvalue weighted by Crippen LogP contribution is -2.34. The average Bonchev–Trinajstić information content (AvgIpc) is 3.42. The summed E-state index contributed by atoms with van der Waals surface area (Å²) in [6.07, 6.45) is 1.97. The zero-order valence-electron chi connectivity index (χ0n) is 16.2. The van der Waals surface area contributed by atoms with Crippen molar-refractivity contribution in [2.75, 3.05) is 6.54 Å². The molecule has 0 bridgehead atoms. The zero-order valence-corrected chi connectivity index (χ0v) is 17.0. The summed E-state index contributed by atoms with van der Waals surface area (Å²) in [4.78, 5) is 44.5. The van der Waals surface area contributed by atoms with Crippen molar-refractivity contribution in [1.29, 1.82) is 0 Å². The van der Waals surface area contributed by atoms with Gasteiger partial charge in [0.2, 0.25) is 5.91 Å². The van der Waals surface area contributed by atoms with Crippen molar-refractivity contribution < 1.29 is 4.79 Å². The number of hydrogen-bond acceptors (Lipinski definition) is 5. The highest BCUT2D eigenvalue weighted by Crippen LogP contribution is 2.36. The number of nitrogens with one attached hydrogen (secondary N) is 1. The van der Waals surface area contributed by atoms with Crippen molar-refractivity contribution in [1.82, 2.24) is 19.7 Å². The third-order valence-electron chi connectivity index (χ3n) is 5.60. The maximum atomic E-state index is 13.0. The SMILES string of the molecule is O=C(CCn1[nH]c(=O)c2ccccc2c1=O)N1CCC[C@H]1c1nc2ccccc2s1. The van der Waals surface area contributed by atoms with Crippen LogP contribution < -0.4 is 11.1 Å². The van der Waals surface area contributed by atoms with Crippen LogP contribution in [0.3, 0.4) is 0 Å². The van der Waals surface area contributed by atoms with Gasteiger partial charge in [-0.05, 0) is 37.1 Å². The molecule has 1 aliphatic rings. The number of aromatic amines is 1. The number of H-pyrrole nitrogens is 1. The minimum atomic E-state index is -0.328. The van der Waals surface area contributed by atoms with Crippen LogP contribution in [-0.2, 0) is 11.3 Å². The molecule has 0 spiro atoms. The molecule has 0 aliphatic carbocycles. The number of aromatic nitrogens is 3. The highest BCUT2D eigenvalue weighted by molar-refractivity contribution is 7.18. The average molecular weight is 420 g/mol. The van der Waals surface area contributed by atoms with Gasteiger partial charge in [0.1, 0.15) is 5.01 Å². The van der Waals surface area contributed by atoms with Gasteiger partial charge in [0.25, 0.3) is 11.1 Å². The maximum Gasteiger partial charge on any atom is 0.273 e. The summed E-state index contributed by atoms with van der Waals surface area (Å²) < 4.78 is 2.36. The van der Waals surface area contributed by atoms with E-state index in [2.05, 4.69) is 5.10 Å². The van der Waals surface area contributed by atoms with Crippen molar-refractivity contribution in [3.63, 3.8) is 0 Å². The number of likely N-dealkylation sites (tertiary alicyclic amines) is 1. The molecular weight excluding hydrogens is 400 g/mol. The number of hydrogen-bond donors (Lipinski definition) is 1. The van der Waals surface area contributed by atoms with Gasteiger partial charge in [0.15, 0.2) is 0 Å². The first-order valence-corrected chi connectivity index (χ1v) is 10.8. The molecule has 152 valence electrons. The molecular formula is C22H20N4O3S. The fourth-order valence-corrected chi connectivity index (χ4v) is 5.22. The molecule has 5 rings (SSSR count). The Hall–Kier alpha value is -3.26. The first-order chi connectivity index (χ1) is 14.6. The first-order valence-electron chi connectivity index (χ1n) is 9.98. The van der Waals surface area contributed by atoms with Gasteiger partial charge in [-0.25, -0.2) is 9.67 Å². The molecule has 1 fully saturated rings. The third-order valence-corrected chi connectivity index (χ3v) is 6.74. The van der Waals surface area contributed by atoms with E-state index in [4.69, 9.17) is 4.98 Å². The second-order valence-electron chi connectivity index (χ2n) is 7.46. The molecule has 0 radical (unpaired) electrons. The summed E-state index contributed by atoms with van der Waals surface area (Å²) in [7, 11) is 0. The predicted molar refractivity (Wildman–Crippen MR) is 117 cm³/mol. The fourth-order valence-electron chi connectivity index (χ4n) is 4.11. The molecule has 1 N–H and O–H groups in total. The number of amides is 1. The van der Waals surface area contributed by atoms with E-state index in [0.29, 0.717) is 17.3 Å². The van der Waals surface area contributed by atoms with Crippen molar-refractivity contribution in [3.8, 4) is 0 Å². The molecule has 1 saturated heterocycles. The summed E-state index contributed by atoms with van der Waals surface area (Å²) in [5.41, 5.74) is 0.338. The second-order valence-corrected chi connectivity index (χ2v) is 8.52. The Morgan fingerprint density at radius 2 is 1.87 bits per heavy atom. The predicted octanol–water partition coefficient (Wildman–Crippen LogP) is 3.05. The lowest BCUT2D eigenvalue weighted by molar-refractivity contribution is -0.132.